The van der Waals surface area contributed by atoms with Crippen LogP contribution in [0.25, 0.3) is 10.2 Å². The van der Waals surface area contributed by atoms with Crippen LogP contribution in [0.1, 0.15) is 43.4 Å². The number of nitrogens with zero attached hydrogens (tertiary/aromatic N) is 1. The summed E-state index contributed by atoms with van der Waals surface area (Å²) in [6.07, 6.45) is -0.608. The molecule has 26 heavy (non-hydrogen) atoms. The third-order valence-electron chi connectivity index (χ3n) is 4.24. The van der Waals surface area contributed by atoms with Crippen LogP contribution in [0, 0.1) is 13.8 Å². The average molecular weight is 369 g/mol. The molecule has 0 aliphatic heterocycles. The number of amides is 1. The van der Waals surface area contributed by atoms with Crippen molar-refractivity contribution in [1.29, 1.82) is 0 Å². The standard InChI is InChI=1S/C21H24N2O2S/c1-12(2)16-8-6-13(3)10-18(16)25-15(5)20(24)23-21-22-17-9-7-14(4)11-19(17)26-21/h6-12,15H,1-5H3,(H,22,23,24). The van der Waals surface area contributed by atoms with Gasteiger partial charge in [0.05, 0.1) is 10.2 Å². The van der Waals surface area contributed by atoms with Crippen molar-refractivity contribution in [3.05, 3.63) is 53.1 Å². The first-order valence-corrected chi connectivity index (χ1v) is 9.60. The van der Waals surface area contributed by atoms with Crippen molar-refractivity contribution in [1.82, 2.24) is 4.98 Å². The van der Waals surface area contributed by atoms with E-state index in [1.807, 2.05) is 32.0 Å². The van der Waals surface area contributed by atoms with E-state index in [1.165, 1.54) is 16.9 Å². The van der Waals surface area contributed by atoms with Gasteiger partial charge in [0.2, 0.25) is 0 Å². The lowest BCUT2D eigenvalue weighted by molar-refractivity contribution is -0.122. The van der Waals surface area contributed by atoms with Gasteiger partial charge >= 0.3 is 0 Å². The molecule has 136 valence electrons. The maximum Gasteiger partial charge on any atom is 0.266 e. The van der Waals surface area contributed by atoms with Crippen LogP contribution in [0.3, 0.4) is 0 Å². The Morgan fingerprint density at radius 3 is 2.50 bits per heavy atom. The third kappa shape index (κ3) is 4.05. The average Bonchev–Trinajstić information content (AvgIpc) is 2.95. The van der Waals surface area contributed by atoms with E-state index in [4.69, 9.17) is 4.74 Å². The Balaban J connectivity index is 1.74. The van der Waals surface area contributed by atoms with Gasteiger partial charge in [0.1, 0.15) is 5.75 Å². The fourth-order valence-electron chi connectivity index (χ4n) is 2.76. The Hall–Kier alpha value is -2.40. The number of rotatable bonds is 5. The van der Waals surface area contributed by atoms with Crippen LogP contribution in [-0.4, -0.2) is 17.0 Å². The van der Waals surface area contributed by atoms with E-state index in [2.05, 4.69) is 42.3 Å². The van der Waals surface area contributed by atoms with Crippen LogP contribution in [0.2, 0.25) is 0 Å². The Labute approximate surface area is 158 Å². The van der Waals surface area contributed by atoms with Crippen molar-refractivity contribution in [3.8, 4) is 5.75 Å². The van der Waals surface area contributed by atoms with Gasteiger partial charge in [-0.2, -0.15) is 0 Å². The largest absolute Gasteiger partial charge is 0.481 e. The van der Waals surface area contributed by atoms with Crippen LogP contribution in [-0.2, 0) is 4.79 Å². The van der Waals surface area contributed by atoms with Crippen LogP contribution in [0.15, 0.2) is 36.4 Å². The van der Waals surface area contributed by atoms with Gasteiger partial charge in [0.25, 0.3) is 5.91 Å². The van der Waals surface area contributed by atoms with E-state index < -0.39 is 6.10 Å². The number of thiazole rings is 1. The van der Waals surface area contributed by atoms with Crippen molar-refractivity contribution >= 4 is 32.6 Å². The summed E-state index contributed by atoms with van der Waals surface area (Å²) in [5, 5.41) is 3.47. The Morgan fingerprint density at radius 1 is 1.08 bits per heavy atom. The normalized spacial score (nSPS) is 12.4. The van der Waals surface area contributed by atoms with Crippen LogP contribution in [0.5, 0.6) is 5.75 Å². The maximum absolute atomic E-state index is 12.6. The molecular weight excluding hydrogens is 344 g/mol. The third-order valence-corrected chi connectivity index (χ3v) is 5.17. The number of carbonyl (C=O) groups is 1. The molecule has 3 aromatic rings. The first-order chi connectivity index (χ1) is 12.3. The highest BCUT2D eigenvalue weighted by atomic mass is 32.1. The predicted molar refractivity (Wildman–Crippen MR) is 108 cm³/mol. The van der Waals surface area contributed by atoms with Crippen molar-refractivity contribution in [2.45, 2.75) is 46.6 Å². The number of benzene rings is 2. The SMILES string of the molecule is Cc1ccc(C(C)C)c(OC(C)C(=O)Nc2nc3ccc(C)cc3s2)c1. The van der Waals surface area contributed by atoms with Crippen molar-refractivity contribution in [2.24, 2.45) is 0 Å². The fraction of sp³-hybridized carbons (Fsp3) is 0.333. The summed E-state index contributed by atoms with van der Waals surface area (Å²) in [5.41, 5.74) is 4.28. The zero-order valence-corrected chi connectivity index (χ0v) is 16.6. The number of nitrogens with one attached hydrogen (secondary N) is 1. The quantitative estimate of drug-likeness (QED) is 0.652. The molecule has 4 nitrogen and oxygen atoms in total. The lowest BCUT2D eigenvalue weighted by Gasteiger charge is -2.19. The number of aromatic nitrogens is 1. The highest BCUT2D eigenvalue weighted by molar-refractivity contribution is 7.22. The summed E-state index contributed by atoms with van der Waals surface area (Å²) >= 11 is 1.48. The molecule has 1 N–H and O–H groups in total. The van der Waals surface area contributed by atoms with E-state index in [1.54, 1.807) is 6.92 Å². The molecule has 1 aromatic heterocycles. The predicted octanol–water partition coefficient (Wildman–Crippen LogP) is 5.44. The minimum atomic E-state index is -0.608. The Kier molecular flexibility index (Phi) is 5.28. The maximum atomic E-state index is 12.6. The van der Waals surface area contributed by atoms with Crippen molar-refractivity contribution in [2.75, 3.05) is 5.32 Å². The number of hydrogen-bond donors (Lipinski definition) is 1. The number of hydrogen-bond acceptors (Lipinski definition) is 4. The summed E-state index contributed by atoms with van der Waals surface area (Å²) in [6, 6.07) is 12.2. The Morgan fingerprint density at radius 2 is 1.77 bits per heavy atom. The van der Waals surface area contributed by atoms with Gasteiger partial charge in [-0.05, 0) is 61.6 Å². The summed E-state index contributed by atoms with van der Waals surface area (Å²) in [6.45, 7) is 10.1. The van der Waals surface area contributed by atoms with E-state index in [-0.39, 0.29) is 5.91 Å². The molecule has 0 aliphatic carbocycles. The topological polar surface area (TPSA) is 51.2 Å². The lowest BCUT2D eigenvalue weighted by Crippen LogP contribution is -2.30. The molecule has 1 atom stereocenters. The molecule has 0 saturated carbocycles. The van der Waals surface area contributed by atoms with Crippen molar-refractivity contribution < 1.29 is 9.53 Å². The molecule has 0 spiro atoms. The molecule has 0 aliphatic rings. The zero-order chi connectivity index (χ0) is 18.8. The van der Waals surface area contributed by atoms with Crippen molar-refractivity contribution in [3.63, 3.8) is 0 Å². The molecule has 0 radical (unpaired) electrons. The number of anilines is 1. The zero-order valence-electron chi connectivity index (χ0n) is 15.8. The molecule has 1 amide bonds. The molecule has 0 saturated heterocycles. The second-order valence-electron chi connectivity index (χ2n) is 6.94. The molecule has 2 aromatic carbocycles. The van der Waals surface area contributed by atoms with E-state index in [9.17, 15) is 4.79 Å². The van der Waals surface area contributed by atoms with Gasteiger partial charge in [-0.15, -0.1) is 0 Å². The van der Waals surface area contributed by atoms with Crippen LogP contribution >= 0.6 is 11.3 Å². The molecule has 3 rings (SSSR count). The first kappa shape index (κ1) is 18.4. The minimum Gasteiger partial charge on any atom is -0.481 e. The fourth-order valence-corrected chi connectivity index (χ4v) is 3.72. The highest BCUT2D eigenvalue weighted by Crippen LogP contribution is 2.29. The second-order valence-corrected chi connectivity index (χ2v) is 7.97. The monoisotopic (exact) mass is 368 g/mol. The number of carbonyl (C=O) groups excluding carboxylic acids is 1. The number of fused-ring (bicyclic) bond motifs is 1. The van der Waals surface area contributed by atoms with E-state index in [0.29, 0.717) is 11.0 Å². The van der Waals surface area contributed by atoms with Gasteiger partial charge in [0, 0.05) is 0 Å². The number of ether oxygens (including phenoxy) is 1. The van der Waals surface area contributed by atoms with Gasteiger partial charge in [0.15, 0.2) is 11.2 Å². The summed E-state index contributed by atoms with van der Waals surface area (Å²) in [5.74, 6) is 0.896. The minimum absolute atomic E-state index is 0.197. The summed E-state index contributed by atoms with van der Waals surface area (Å²) in [4.78, 5) is 17.0. The van der Waals surface area contributed by atoms with E-state index >= 15 is 0 Å². The lowest BCUT2D eigenvalue weighted by atomic mass is 10.0. The van der Waals surface area contributed by atoms with Crippen LogP contribution in [0.4, 0.5) is 5.13 Å². The first-order valence-electron chi connectivity index (χ1n) is 8.78. The van der Waals surface area contributed by atoms with Gasteiger partial charge in [-0.1, -0.05) is 43.4 Å². The number of aryl methyl sites for hydroxylation is 2. The molecule has 0 bridgehead atoms. The highest BCUT2D eigenvalue weighted by Gasteiger charge is 2.19. The molecular formula is C21H24N2O2S. The second kappa shape index (κ2) is 7.46. The molecule has 1 heterocycles. The molecule has 0 fully saturated rings. The molecule has 1 unspecified atom stereocenters. The van der Waals surface area contributed by atoms with Gasteiger partial charge < -0.3 is 4.74 Å². The Bertz CT molecular complexity index is 946. The summed E-state index contributed by atoms with van der Waals surface area (Å²) < 4.78 is 7.04. The summed E-state index contributed by atoms with van der Waals surface area (Å²) in [7, 11) is 0. The van der Waals surface area contributed by atoms with Gasteiger partial charge in [-0.25, -0.2) is 4.98 Å². The van der Waals surface area contributed by atoms with E-state index in [0.717, 1.165) is 27.1 Å². The van der Waals surface area contributed by atoms with Crippen LogP contribution < -0.4 is 10.1 Å². The van der Waals surface area contributed by atoms with Gasteiger partial charge in [-0.3, -0.25) is 10.1 Å². The molecule has 5 heteroatoms. The smallest absolute Gasteiger partial charge is 0.266 e.